The molecule has 21 heavy (non-hydrogen) atoms. The van der Waals surface area contributed by atoms with Gasteiger partial charge in [-0.15, -0.1) is 11.3 Å². The summed E-state index contributed by atoms with van der Waals surface area (Å²) in [6, 6.07) is 13.4. The molecule has 110 valence electrons. The number of hydrogen-bond donors (Lipinski definition) is 1. The van der Waals surface area contributed by atoms with Crippen molar-refractivity contribution in [1.29, 1.82) is 0 Å². The fourth-order valence-electron chi connectivity index (χ4n) is 2.82. The predicted octanol–water partition coefficient (Wildman–Crippen LogP) is 4.75. The maximum Gasteiger partial charge on any atom is 0.0480 e. The lowest BCUT2D eigenvalue weighted by Gasteiger charge is -2.14. The van der Waals surface area contributed by atoms with E-state index in [1.807, 2.05) is 11.3 Å². The van der Waals surface area contributed by atoms with E-state index in [0.29, 0.717) is 6.04 Å². The van der Waals surface area contributed by atoms with Crippen molar-refractivity contribution in [2.24, 2.45) is 0 Å². The summed E-state index contributed by atoms with van der Waals surface area (Å²) in [6.07, 6.45) is 3.34. The second-order valence-corrected chi connectivity index (χ2v) is 6.51. The second-order valence-electron chi connectivity index (χ2n) is 5.57. The van der Waals surface area contributed by atoms with E-state index in [2.05, 4.69) is 71.7 Å². The van der Waals surface area contributed by atoms with E-state index < -0.39 is 0 Å². The Morgan fingerprint density at radius 3 is 2.86 bits per heavy atom. The fraction of sp³-hybridized carbons (Fsp3) is 0.333. The van der Waals surface area contributed by atoms with Gasteiger partial charge in [-0.3, -0.25) is 0 Å². The van der Waals surface area contributed by atoms with E-state index in [0.717, 1.165) is 19.5 Å². The molecule has 2 aromatic heterocycles. The van der Waals surface area contributed by atoms with Crippen LogP contribution in [-0.4, -0.2) is 11.1 Å². The monoisotopic (exact) mass is 298 g/mol. The quantitative estimate of drug-likeness (QED) is 0.650. The largest absolute Gasteiger partial charge is 0.347 e. The molecule has 1 atom stereocenters. The Kier molecular flexibility index (Phi) is 4.42. The van der Waals surface area contributed by atoms with Crippen LogP contribution < -0.4 is 5.32 Å². The number of fused-ring (bicyclic) bond motifs is 1. The highest BCUT2D eigenvalue weighted by atomic mass is 32.1. The fourth-order valence-corrected chi connectivity index (χ4v) is 3.78. The summed E-state index contributed by atoms with van der Waals surface area (Å²) in [7, 11) is 0. The molecule has 0 bridgehead atoms. The number of aryl methyl sites for hydroxylation is 2. The SMILES string of the molecule is Cc1ccsc1C(C)NCCCn1ccc2ccccc21. The molecular formula is C18H22N2S. The summed E-state index contributed by atoms with van der Waals surface area (Å²) in [5.41, 5.74) is 2.73. The van der Waals surface area contributed by atoms with Crippen LogP contribution >= 0.6 is 11.3 Å². The number of aromatic nitrogens is 1. The number of rotatable bonds is 6. The zero-order valence-electron chi connectivity index (χ0n) is 12.7. The smallest absolute Gasteiger partial charge is 0.0480 e. The lowest BCUT2D eigenvalue weighted by atomic mass is 10.2. The van der Waals surface area contributed by atoms with E-state index in [9.17, 15) is 0 Å². The van der Waals surface area contributed by atoms with Gasteiger partial charge in [0.25, 0.3) is 0 Å². The minimum atomic E-state index is 0.450. The molecule has 3 heteroatoms. The summed E-state index contributed by atoms with van der Waals surface area (Å²) in [5.74, 6) is 0. The first-order valence-electron chi connectivity index (χ1n) is 7.57. The number of hydrogen-bond acceptors (Lipinski definition) is 2. The molecule has 0 saturated heterocycles. The van der Waals surface area contributed by atoms with E-state index in [-0.39, 0.29) is 0 Å². The van der Waals surface area contributed by atoms with E-state index in [4.69, 9.17) is 0 Å². The molecule has 0 aliphatic carbocycles. The van der Waals surface area contributed by atoms with Gasteiger partial charge >= 0.3 is 0 Å². The molecule has 0 radical (unpaired) electrons. The molecule has 1 unspecified atom stereocenters. The summed E-state index contributed by atoms with van der Waals surface area (Å²) < 4.78 is 2.35. The van der Waals surface area contributed by atoms with Gasteiger partial charge in [-0.25, -0.2) is 0 Å². The highest BCUT2D eigenvalue weighted by Crippen LogP contribution is 2.23. The van der Waals surface area contributed by atoms with Gasteiger partial charge in [0.2, 0.25) is 0 Å². The molecule has 2 nitrogen and oxygen atoms in total. The van der Waals surface area contributed by atoms with Gasteiger partial charge in [0.15, 0.2) is 0 Å². The van der Waals surface area contributed by atoms with Gasteiger partial charge in [0.05, 0.1) is 0 Å². The van der Waals surface area contributed by atoms with Gasteiger partial charge in [0, 0.05) is 29.2 Å². The summed E-state index contributed by atoms with van der Waals surface area (Å²) in [5, 5.41) is 7.14. The molecule has 0 spiro atoms. The average molecular weight is 298 g/mol. The van der Waals surface area contributed by atoms with Crippen LogP contribution in [0.5, 0.6) is 0 Å². The Balaban J connectivity index is 1.51. The van der Waals surface area contributed by atoms with Crippen LogP contribution in [0, 0.1) is 6.92 Å². The van der Waals surface area contributed by atoms with Crippen LogP contribution in [0.2, 0.25) is 0 Å². The number of nitrogens with zero attached hydrogens (tertiary/aromatic N) is 1. The molecule has 1 N–H and O–H groups in total. The van der Waals surface area contributed by atoms with Crippen LogP contribution in [-0.2, 0) is 6.54 Å². The van der Waals surface area contributed by atoms with Crippen molar-refractivity contribution in [2.75, 3.05) is 6.54 Å². The first-order valence-corrected chi connectivity index (χ1v) is 8.45. The summed E-state index contributed by atoms with van der Waals surface area (Å²) in [4.78, 5) is 1.46. The number of benzene rings is 1. The van der Waals surface area contributed by atoms with E-state index in [1.165, 1.54) is 21.3 Å². The molecule has 0 fully saturated rings. The summed E-state index contributed by atoms with van der Waals surface area (Å²) >= 11 is 1.85. The zero-order valence-corrected chi connectivity index (χ0v) is 13.5. The van der Waals surface area contributed by atoms with Crippen LogP contribution in [0.15, 0.2) is 48.0 Å². The number of para-hydroxylation sites is 1. The molecule has 2 heterocycles. The van der Waals surface area contributed by atoms with Crippen molar-refractivity contribution in [2.45, 2.75) is 32.9 Å². The molecule has 0 saturated carbocycles. The van der Waals surface area contributed by atoms with Crippen LogP contribution in [0.3, 0.4) is 0 Å². The molecule has 0 aliphatic rings. The lowest BCUT2D eigenvalue weighted by molar-refractivity contribution is 0.535. The van der Waals surface area contributed by atoms with E-state index in [1.54, 1.807) is 0 Å². The van der Waals surface area contributed by atoms with Gasteiger partial charge in [-0.2, -0.15) is 0 Å². The Morgan fingerprint density at radius 1 is 1.19 bits per heavy atom. The standard InChI is InChI=1S/C18H22N2S/c1-14-9-13-21-18(14)15(2)19-10-5-11-20-12-8-16-6-3-4-7-17(16)20/h3-4,6-9,12-13,15,19H,5,10-11H2,1-2H3. The maximum absolute atomic E-state index is 3.63. The van der Waals surface area contributed by atoms with Crippen molar-refractivity contribution in [3.8, 4) is 0 Å². The van der Waals surface area contributed by atoms with Crippen molar-refractivity contribution in [3.05, 3.63) is 58.4 Å². The molecule has 0 aliphatic heterocycles. The molecule has 3 rings (SSSR count). The minimum absolute atomic E-state index is 0.450. The minimum Gasteiger partial charge on any atom is -0.347 e. The van der Waals surface area contributed by atoms with E-state index >= 15 is 0 Å². The maximum atomic E-state index is 3.63. The third kappa shape index (κ3) is 3.20. The topological polar surface area (TPSA) is 17.0 Å². The Morgan fingerprint density at radius 2 is 2.05 bits per heavy atom. The first-order chi connectivity index (χ1) is 10.3. The normalized spacial score (nSPS) is 12.9. The van der Waals surface area contributed by atoms with Gasteiger partial charge < -0.3 is 9.88 Å². The zero-order chi connectivity index (χ0) is 14.7. The van der Waals surface area contributed by atoms with Crippen LogP contribution in [0.4, 0.5) is 0 Å². The van der Waals surface area contributed by atoms with Crippen molar-refractivity contribution in [3.63, 3.8) is 0 Å². The Hall–Kier alpha value is -1.58. The average Bonchev–Trinajstić information content (AvgIpc) is 3.10. The van der Waals surface area contributed by atoms with Crippen LogP contribution in [0.1, 0.15) is 29.8 Å². The van der Waals surface area contributed by atoms with Crippen molar-refractivity contribution < 1.29 is 0 Å². The highest BCUT2D eigenvalue weighted by Gasteiger charge is 2.08. The molecule has 3 aromatic rings. The number of nitrogens with one attached hydrogen (secondary N) is 1. The van der Waals surface area contributed by atoms with Gasteiger partial charge in [-0.1, -0.05) is 18.2 Å². The number of thiophene rings is 1. The Bertz CT molecular complexity index is 711. The second kappa shape index (κ2) is 6.46. The van der Waals surface area contributed by atoms with Crippen molar-refractivity contribution in [1.82, 2.24) is 9.88 Å². The lowest BCUT2D eigenvalue weighted by Crippen LogP contribution is -2.20. The van der Waals surface area contributed by atoms with Crippen molar-refractivity contribution >= 4 is 22.2 Å². The van der Waals surface area contributed by atoms with Crippen LogP contribution in [0.25, 0.3) is 10.9 Å². The Labute approximate surface area is 130 Å². The van der Waals surface area contributed by atoms with Gasteiger partial charge in [-0.05, 0) is 61.3 Å². The third-order valence-corrected chi connectivity index (χ3v) is 5.20. The highest BCUT2D eigenvalue weighted by molar-refractivity contribution is 7.10. The molecular weight excluding hydrogens is 276 g/mol. The first kappa shape index (κ1) is 14.4. The third-order valence-electron chi connectivity index (χ3n) is 4.00. The predicted molar refractivity (Wildman–Crippen MR) is 92.0 cm³/mol. The molecule has 1 aromatic carbocycles. The molecule has 0 amide bonds. The summed E-state index contributed by atoms with van der Waals surface area (Å²) in [6.45, 7) is 6.56. The van der Waals surface area contributed by atoms with Gasteiger partial charge in [0.1, 0.15) is 0 Å².